The molecule has 1 aromatic heterocycles. The van der Waals surface area contributed by atoms with Crippen LogP contribution in [0.2, 0.25) is 0 Å². The molecule has 0 atom stereocenters. The number of carbonyl (C=O) groups excluding carboxylic acids is 3. The predicted octanol–water partition coefficient (Wildman–Crippen LogP) is 3.38. The molecule has 0 saturated heterocycles. The lowest BCUT2D eigenvalue weighted by Gasteiger charge is -2.09. The molecule has 0 saturated carbocycles. The van der Waals surface area contributed by atoms with Gasteiger partial charge in [0.15, 0.2) is 0 Å². The number of esters is 1. The Bertz CT molecular complexity index is 750. The number of hydrogen-bond acceptors (Lipinski definition) is 5. The van der Waals surface area contributed by atoms with Gasteiger partial charge in [-0.1, -0.05) is 13.8 Å². The molecule has 0 spiro atoms. The van der Waals surface area contributed by atoms with Crippen LogP contribution in [0, 0.1) is 5.92 Å². The highest BCUT2D eigenvalue weighted by atomic mass is 32.1. The van der Waals surface area contributed by atoms with Gasteiger partial charge in [0.05, 0.1) is 12.0 Å². The Balaban J connectivity index is 2.00. The van der Waals surface area contributed by atoms with Gasteiger partial charge in [0.2, 0.25) is 5.91 Å². The largest absolute Gasteiger partial charge is 0.465 e. The molecular formula is C17H18N2O4S. The van der Waals surface area contributed by atoms with Crippen molar-refractivity contribution in [3.05, 3.63) is 46.2 Å². The Kier molecular flexibility index (Phi) is 5.70. The Morgan fingerprint density at radius 1 is 0.917 bits per heavy atom. The molecule has 0 fully saturated rings. The third-order valence-corrected chi connectivity index (χ3v) is 4.22. The quantitative estimate of drug-likeness (QED) is 0.813. The zero-order valence-electron chi connectivity index (χ0n) is 13.6. The second-order valence-electron chi connectivity index (χ2n) is 5.33. The predicted molar refractivity (Wildman–Crippen MR) is 93.5 cm³/mol. The van der Waals surface area contributed by atoms with Crippen molar-refractivity contribution >= 4 is 40.5 Å². The van der Waals surface area contributed by atoms with Gasteiger partial charge in [0.1, 0.15) is 4.88 Å². The minimum absolute atomic E-state index is 0.0688. The molecule has 7 heteroatoms. The van der Waals surface area contributed by atoms with Crippen LogP contribution in [0.1, 0.15) is 33.2 Å². The number of carbonyl (C=O) groups is 3. The zero-order valence-corrected chi connectivity index (χ0v) is 14.4. The lowest BCUT2D eigenvalue weighted by molar-refractivity contribution is -0.118. The van der Waals surface area contributed by atoms with Crippen LogP contribution in [0.4, 0.5) is 11.4 Å². The van der Waals surface area contributed by atoms with Gasteiger partial charge in [0.25, 0.3) is 5.91 Å². The van der Waals surface area contributed by atoms with E-state index < -0.39 is 5.97 Å². The van der Waals surface area contributed by atoms with Crippen LogP contribution in [0.5, 0.6) is 0 Å². The summed E-state index contributed by atoms with van der Waals surface area (Å²) in [6.07, 6.45) is 0. The summed E-state index contributed by atoms with van der Waals surface area (Å²) in [4.78, 5) is 36.0. The number of ether oxygens (including phenoxy) is 1. The molecule has 24 heavy (non-hydrogen) atoms. The summed E-state index contributed by atoms with van der Waals surface area (Å²) >= 11 is 1.06. The van der Waals surface area contributed by atoms with Gasteiger partial charge in [0, 0.05) is 17.3 Å². The van der Waals surface area contributed by atoms with Gasteiger partial charge in [-0.25, -0.2) is 4.79 Å². The molecule has 2 aromatic rings. The minimum Gasteiger partial charge on any atom is -0.465 e. The van der Waals surface area contributed by atoms with Crippen molar-refractivity contribution in [3.8, 4) is 0 Å². The van der Waals surface area contributed by atoms with E-state index in [1.54, 1.807) is 36.4 Å². The zero-order chi connectivity index (χ0) is 17.7. The third kappa shape index (κ3) is 4.42. The van der Waals surface area contributed by atoms with Crippen LogP contribution in [-0.4, -0.2) is 24.9 Å². The van der Waals surface area contributed by atoms with Gasteiger partial charge in [-0.2, -0.15) is 0 Å². The molecule has 1 heterocycles. The fraction of sp³-hybridized carbons (Fsp3) is 0.235. The second-order valence-corrected chi connectivity index (χ2v) is 6.41. The van der Waals surface area contributed by atoms with Crippen molar-refractivity contribution in [2.24, 2.45) is 5.92 Å². The van der Waals surface area contributed by atoms with Crippen LogP contribution in [-0.2, 0) is 9.53 Å². The number of amides is 2. The second kappa shape index (κ2) is 7.74. The lowest BCUT2D eigenvalue weighted by atomic mass is 10.2. The minimum atomic E-state index is -0.468. The SMILES string of the molecule is COC(=O)c1ccc(C(=O)Nc2ccc(NC(=O)C(C)C)cc2)s1. The number of benzene rings is 1. The van der Waals surface area contributed by atoms with Crippen molar-refractivity contribution in [3.63, 3.8) is 0 Å². The molecule has 0 aliphatic rings. The van der Waals surface area contributed by atoms with E-state index in [4.69, 9.17) is 0 Å². The van der Waals surface area contributed by atoms with Crippen molar-refractivity contribution in [2.75, 3.05) is 17.7 Å². The average molecular weight is 346 g/mol. The van der Waals surface area contributed by atoms with Crippen molar-refractivity contribution in [1.82, 2.24) is 0 Å². The number of rotatable bonds is 5. The van der Waals surface area contributed by atoms with E-state index in [2.05, 4.69) is 15.4 Å². The van der Waals surface area contributed by atoms with Crippen molar-refractivity contribution in [1.29, 1.82) is 0 Å². The van der Waals surface area contributed by atoms with Crippen LogP contribution in [0.3, 0.4) is 0 Å². The maximum Gasteiger partial charge on any atom is 0.348 e. The molecule has 2 N–H and O–H groups in total. The molecule has 2 amide bonds. The number of thiophene rings is 1. The van der Waals surface area contributed by atoms with Gasteiger partial charge >= 0.3 is 5.97 Å². The summed E-state index contributed by atoms with van der Waals surface area (Å²) in [6, 6.07) is 9.94. The maximum absolute atomic E-state index is 12.2. The highest BCUT2D eigenvalue weighted by molar-refractivity contribution is 7.16. The summed E-state index contributed by atoms with van der Waals surface area (Å²) in [5.74, 6) is -0.952. The van der Waals surface area contributed by atoms with E-state index in [1.807, 2.05) is 13.8 Å². The average Bonchev–Trinajstić information content (AvgIpc) is 3.06. The first-order valence-corrected chi connectivity index (χ1v) is 8.12. The number of nitrogens with one attached hydrogen (secondary N) is 2. The fourth-order valence-corrected chi connectivity index (χ4v) is 2.61. The van der Waals surface area contributed by atoms with Crippen molar-refractivity contribution < 1.29 is 19.1 Å². The maximum atomic E-state index is 12.2. The molecule has 0 radical (unpaired) electrons. The van der Waals surface area contributed by atoms with Crippen LogP contribution >= 0.6 is 11.3 Å². The van der Waals surface area contributed by atoms with Gasteiger partial charge in [-0.3, -0.25) is 9.59 Å². The Morgan fingerprint density at radius 2 is 1.46 bits per heavy atom. The Morgan fingerprint density at radius 3 is 2.00 bits per heavy atom. The normalized spacial score (nSPS) is 10.3. The van der Waals surface area contributed by atoms with Crippen LogP contribution in [0.15, 0.2) is 36.4 Å². The molecule has 126 valence electrons. The first-order valence-electron chi connectivity index (χ1n) is 7.31. The number of anilines is 2. The van der Waals surface area contributed by atoms with E-state index in [-0.39, 0.29) is 17.7 Å². The van der Waals surface area contributed by atoms with E-state index in [0.29, 0.717) is 21.1 Å². The molecular weight excluding hydrogens is 328 g/mol. The molecule has 0 bridgehead atoms. The molecule has 0 unspecified atom stereocenters. The smallest absolute Gasteiger partial charge is 0.348 e. The van der Waals surface area contributed by atoms with Gasteiger partial charge < -0.3 is 15.4 Å². The summed E-state index contributed by atoms with van der Waals surface area (Å²) in [5, 5.41) is 5.51. The summed E-state index contributed by atoms with van der Waals surface area (Å²) in [7, 11) is 1.29. The first kappa shape index (κ1) is 17.7. The van der Waals surface area contributed by atoms with E-state index in [0.717, 1.165) is 11.3 Å². The molecule has 2 rings (SSSR count). The molecule has 0 aliphatic heterocycles. The van der Waals surface area contributed by atoms with E-state index >= 15 is 0 Å². The monoisotopic (exact) mass is 346 g/mol. The molecule has 1 aromatic carbocycles. The highest BCUT2D eigenvalue weighted by Gasteiger charge is 2.14. The first-order chi connectivity index (χ1) is 11.4. The standard InChI is InChI=1S/C17H18N2O4S/c1-10(2)15(20)18-11-4-6-12(7-5-11)19-16(21)13-8-9-14(24-13)17(22)23-3/h4-10H,1-3H3,(H,18,20)(H,19,21). The van der Waals surface area contributed by atoms with E-state index in [1.165, 1.54) is 7.11 Å². The highest BCUT2D eigenvalue weighted by Crippen LogP contribution is 2.20. The summed E-state index contributed by atoms with van der Waals surface area (Å²) < 4.78 is 4.61. The third-order valence-electron chi connectivity index (χ3n) is 3.15. The van der Waals surface area contributed by atoms with Gasteiger partial charge in [-0.15, -0.1) is 11.3 Å². The lowest BCUT2D eigenvalue weighted by Crippen LogP contribution is -2.17. The summed E-state index contributed by atoms with van der Waals surface area (Å²) in [6.45, 7) is 3.63. The Labute approximate surface area is 143 Å². The molecule has 0 aliphatic carbocycles. The van der Waals surface area contributed by atoms with E-state index in [9.17, 15) is 14.4 Å². The Hall–Kier alpha value is -2.67. The van der Waals surface area contributed by atoms with Crippen LogP contribution < -0.4 is 10.6 Å². The van der Waals surface area contributed by atoms with Crippen molar-refractivity contribution in [2.45, 2.75) is 13.8 Å². The summed E-state index contributed by atoms with van der Waals surface area (Å²) in [5.41, 5.74) is 1.26. The van der Waals surface area contributed by atoms with Gasteiger partial charge in [-0.05, 0) is 36.4 Å². The number of hydrogen-bond donors (Lipinski definition) is 2. The van der Waals surface area contributed by atoms with Crippen LogP contribution in [0.25, 0.3) is 0 Å². The number of methoxy groups -OCH3 is 1. The topological polar surface area (TPSA) is 84.5 Å². The molecule has 6 nitrogen and oxygen atoms in total. The fourth-order valence-electron chi connectivity index (χ4n) is 1.79.